The second kappa shape index (κ2) is 8.05. The zero-order chi connectivity index (χ0) is 21.4. The summed E-state index contributed by atoms with van der Waals surface area (Å²) in [6.45, 7) is 8.28. The Balaban J connectivity index is 1.63. The number of allylic oxidation sites excluding steroid dienone is 7. The van der Waals surface area contributed by atoms with Crippen LogP contribution in [-0.2, 0) is 14.1 Å². The fraction of sp³-hybridized carbons (Fsp3) is 0.400. The number of benzene rings is 1. The highest BCUT2D eigenvalue weighted by Crippen LogP contribution is 2.37. The molecule has 0 atom stereocenters. The van der Waals surface area contributed by atoms with Crippen molar-refractivity contribution in [2.45, 2.75) is 64.6 Å². The second-order valence-corrected chi connectivity index (χ2v) is 9.14. The Labute approximate surface area is 180 Å². The maximum absolute atomic E-state index is 11.1. The van der Waals surface area contributed by atoms with Crippen molar-refractivity contribution in [3.8, 4) is 0 Å². The number of hydrogen-bond donors (Lipinski definition) is 0. The van der Waals surface area contributed by atoms with Crippen LogP contribution in [-0.4, -0.2) is 24.6 Å². The number of carbonyl (C=O) groups excluding carboxylic acids is 1. The summed E-state index contributed by atoms with van der Waals surface area (Å²) in [6, 6.07) is 8.44. The van der Waals surface area contributed by atoms with Gasteiger partial charge in [0.15, 0.2) is 0 Å². The molecule has 1 aromatic carbocycles. The van der Waals surface area contributed by atoms with E-state index >= 15 is 0 Å². The van der Waals surface area contributed by atoms with Gasteiger partial charge in [-0.15, -0.1) is 0 Å². The van der Waals surface area contributed by atoms with E-state index in [2.05, 4.69) is 81.2 Å². The zero-order valence-corrected chi connectivity index (χ0v) is 18.4. The molecule has 1 fully saturated rings. The monoisotopic (exact) mass is 403 g/mol. The predicted molar refractivity (Wildman–Crippen MR) is 123 cm³/mol. The topological polar surface area (TPSA) is 38.8 Å². The predicted octanol–water partition coefficient (Wildman–Crippen LogP) is 4.83. The van der Waals surface area contributed by atoms with Crippen LogP contribution in [0, 0.1) is 0 Å². The number of hydrogen-bond acceptors (Lipinski definition) is 4. The molecule has 2 aliphatic carbocycles. The molecule has 0 unspecified atom stereocenters. The standard InChI is InChI=1S/C25H30BNO3/c1-24(2)25(3,4)30-26(29-24)20-12-16-23(17-13-20)27(21-8-6-5-7-9-21)22-14-10-19(18-28)11-15-22/h6,8-10,12-14,16-18H,5,7,11,15H2,1-4H3. The molecule has 1 aromatic rings. The lowest BCUT2D eigenvalue weighted by atomic mass is 9.79. The lowest BCUT2D eigenvalue weighted by molar-refractivity contribution is -0.105. The third-order valence-electron chi connectivity index (χ3n) is 6.51. The Morgan fingerprint density at radius 3 is 2.20 bits per heavy atom. The van der Waals surface area contributed by atoms with Crippen LogP contribution in [0.1, 0.15) is 53.4 Å². The first-order chi connectivity index (χ1) is 14.3. The summed E-state index contributed by atoms with van der Waals surface area (Å²) >= 11 is 0. The van der Waals surface area contributed by atoms with Crippen LogP contribution < -0.4 is 10.4 Å². The van der Waals surface area contributed by atoms with Crippen molar-refractivity contribution in [3.63, 3.8) is 0 Å². The molecule has 0 bridgehead atoms. The van der Waals surface area contributed by atoms with Crippen LogP contribution in [0.15, 0.2) is 71.6 Å². The SMILES string of the molecule is CC1(C)OB(c2ccc(N(C3=CCCC=C3)C3=CC=C(C=O)CC3)cc2)OC1(C)C. The maximum Gasteiger partial charge on any atom is 0.494 e. The molecule has 0 radical (unpaired) electrons. The Bertz CT molecular complexity index is 922. The third-order valence-corrected chi connectivity index (χ3v) is 6.51. The minimum absolute atomic E-state index is 0.352. The summed E-state index contributed by atoms with van der Waals surface area (Å²) in [7, 11) is -0.363. The molecule has 0 N–H and O–H groups in total. The fourth-order valence-corrected chi connectivity index (χ4v) is 3.93. The Morgan fingerprint density at radius 1 is 0.967 bits per heavy atom. The van der Waals surface area contributed by atoms with Crippen molar-refractivity contribution in [2.24, 2.45) is 0 Å². The number of aldehydes is 1. The molecular weight excluding hydrogens is 373 g/mol. The van der Waals surface area contributed by atoms with Gasteiger partial charge in [-0.1, -0.05) is 30.4 Å². The molecule has 1 aliphatic heterocycles. The first-order valence-corrected chi connectivity index (χ1v) is 10.8. The van der Waals surface area contributed by atoms with Crippen molar-refractivity contribution in [3.05, 3.63) is 71.6 Å². The van der Waals surface area contributed by atoms with E-state index in [0.29, 0.717) is 0 Å². The van der Waals surface area contributed by atoms with Crippen LogP contribution >= 0.6 is 0 Å². The summed E-state index contributed by atoms with van der Waals surface area (Å²) in [6.07, 6.45) is 15.4. The number of rotatable bonds is 5. The highest BCUT2D eigenvalue weighted by molar-refractivity contribution is 6.62. The molecule has 0 spiro atoms. The van der Waals surface area contributed by atoms with Crippen molar-refractivity contribution < 1.29 is 14.1 Å². The van der Waals surface area contributed by atoms with Crippen LogP contribution in [0.3, 0.4) is 0 Å². The van der Waals surface area contributed by atoms with Gasteiger partial charge >= 0.3 is 7.12 Å². The van der Waals surface area contributed by atoms with E-state index in [-0.39, 0.29) is 18.3 Å². The van der Waals surface area contributed by atoms with Crippen LogP contribution in [0.25, 0.3) is 0 Å². The summed E-state index contributed by atoms with van der Waals surface area (Å²) in [5.41, 5.74) is 4.64. The van der Waals surface area contributed by atoms with Gasteiger partial charge < -0.3 is 14.2 Å². The average molecular weight is 403 g/mol. The third kappa shape index (κ3) is 3.97. The molecular formula is C25H30BNO3. The maximum atomic E-state index is 11.1. The number of anilines is 1. The molecule has 30 heavy (non-hydrogen) atoms. The van der Waals surface area contributed by atoms with Gasteiger partial charge in [0.1, 0.15) is 6.29 Å². The van der Waals surface area contributed by atoms with Crippen LogP contribution in [0.4, 0.5) is 5.69 Å². The van der Waals surface area contributed by atoms with Crippen LogP contribution in [0.5, 0.6) is 0 Å². The molecule has 4 rings (SSSR count). The number of nitrogens with zero attached hydrogens (tertiary/aromatic N) is 1. The minimum Gasteiger partial charge on any atom is -0.399 e. The highest BCUT2D eigenvalue weighted by atomic mass is 16.7. The van der Waals surface area contributed by atoms with Gasteiger partial charge in [0.2, 0.25) is 0 Å². The number of carbonyl (C=O) groups is 1. The first-order valence-electron chi connectivity index (χ1n) is 10.8. The largest absolute Gasteiger partial charge is 0.494 e. The molecule has 4 nitrogen and oxygen atoms in total. The quantitative estimate of drug-likeness (QED) is 0.522. The van der Waals surface area contributed by atoms with E-state index in [4.69, 9.17) is 9.31 Å². The minimum atomic E-state index is -0.363. The summed E-state index contributed by atoms with van der Waals surface area (Å²) in [5, 5.41) is 0. The Morgan fingerprint density at radius 2 is 1.67 bits per heavy atom. The van der Waals surface area contributed by atoms with E-state index in [1.54, 1.807) is 0 Å². The van der Waals surface area contributed by atoms with Crippen molar-refractivity contribution >= 4 is 24.6 Å². The summed E-state index contributed by atoms with van der Waals surface area (Å²) < 4.78 is 12.4. The molecule has 0 saturated carbocycles. The van der Waals surface area contributed by atoms with E-state index in [1.807, 2.05) is 6.08 Å². The van der Waals surface area contributed by atoms with Crippen LogP contribution in [0.2, 0.25) is 0 Å². The molecule has 0 amide bonds. The zero-order valence-electron chi connectivity index (χ0n) is 18.4. The molecule has 1 heterocycles. The van der Waals surface area contributed by atoms with Gasteiger partial charge in [0, 0.05) is 17.1 Å². The van der Waals surface area contributed by atoms with E-state index < -0.39 is 0 Å². The fourth-order valence-electron chi connectivity index (χ4n) is 3.93. The Kier molecular flexibility index (Phi) is 5.60. The normalized spacial score (nSPS) is 22.3. The lowest BCUT2D eigenvalue weighted by Gasteiger charge is -2.32. The van der Waals surface area contributed by atoms with Gasteiger partial charge in [-0.2, -0.15) is 0 Å². The molecule has 0 aromatic heterocycles. The van der Waals surface area contributed by atoms with Crippen molar-refractivity contribution in [1.82, 2.24) is 0 Å². The van der Waals surface area contributed by atoms with Gasteiger partial charge in [0.25, 0.3) is 0 Å². The summed E-state index contributed by atoms with van der Waals surface area (Å²) in [5.74, 6) is 0. The van der Waals surface area contributed by atoms with E-state index in [9.17, 15) is 4.79 Å². The molecule has 3 aliphatic rings. The Hall–Kier alpha value is -2.37. The lowest BCUT2D eigenvalue weighted by Crippen LogP contribution is -2.41. The van der Waals surface area contributed by atoms with E-state index in [0.717, 1.165) is 48.7 Å². The smallest absolute Gasteiger partial charge is 0.399 e. The van der Waals surface area contributed by atoms with Gasteiger partial charge in [0.05, 0.1) is 11.2 Å². The molecule has 156 valence electrons. The van der Waals surface area contributed by atoms with Crippen molar-refractivity contribution in [1.29, 1.82) is 0 Å². The second-order valence-electron chi connectivity index (χ2n) is 9.14. The van der Waals surface area contributed by atoms with Gasteiger partial charge in [-0.05, 0) is 88.7 Å². The molecule has 1 saturated heterocycles. The summed E-state index contributed by atoms with van der Waals surface area (Å²) in [4.78, 5) is 13.4. The van der Waals surface area contributed by atoms with Gasteiger partial charge in [-0.25, -0.2) is 0 Å². The average Bonchev–Trinajstić information content (AvgIpc) is 2.97. The van der Waals surface area contributed by atoms with Crippen molar-refractivity contribution in [2.75, 3.05) is 4.90 Å². The first kappa shape index (κ1) is 20.9. The molecule has 5 heteroatoms. The van der Waals surface area contributed by atoms with Gasteiger partial charge in [-0.3, -0.25) is 4.79 Å². The van der Waals surface area contributed by atoms with E-state index in [1.165, 1.54) is 11.4 Å². The highest BCUT2D eigenvalue weighted by Gasteiger charge is 2.51.